The van der Waals surface area contributed by atoms with E-state index in [1.54, 1.807) is 14.2 Å². The van der Waals surface area contributed by atoms with E-state index in [0.717, 1.165) is 27.4 Å². The average Bonchev–Trinajstić information content (AvgIpc) is 2.68. The molecule has 0 aliphatic heterocycles. The summed E-state index contributed by atoms with van der Waals surface area (Å²) in [6, 6.07) is 24.4. The molecule has 0 amide bonds. The van der Waals surface area contributed by atoms with E-state index >= 15 is 0 Å². The molecule has 24 heavy (non-hydrogen) atoms. The first-order valence-electron chi connectivity index (χ1n) is 7.63. The number of benzene rings is 3. The highest BCUT2D eigenvalue weighted by molar-refractivity contribution is 7.85. The Kier molecular flexibility index (Phi) is 4.73. The van der Waals surface area contributed by atoms with E-state index in [2.05, 4.69) is 0 Å². The Morgan fingerprint density at radius 2 is 0.958 bits per heavy atom. The predicted molar refractivity (Wildman–Crippen MR) is 98.9 cm³/mol. The Bertz CT molecular complexity index is 789. The molecule has 0 aromatic heterocycles. The maximum atomic E-state index is 14.1. The topological polar surface area (TPSA) is 35.5 Å². The maximum Gasteiger partial charge on any atom is 0.171 e. The van der Waals surface area contributed by atoms with Crippen LogP contribution in [0.2, 0.25) is 0 Å². The van der Waals surface area contributed by atoms with Gasteiger partial charge in [0.25, 0.3) is 0 Å². The number of methoxy groups -OCH3 is 2. The van der Waals surface area contributed by atoms with Crippen LogP contribution >= 0.6 is 7.14 Å². The fourth-order valence-electron chi connectivity index (χ4n) is 2.67. The molecule has 0 atom stereocenters. The van der Waals surface area contributed by atoms with Crippen molar-refractivity contribution in [2.75, 3.05) is 14.2 Å². The normalized spacial score (nSPS) is 11.1. The van der Waals surface area contributed by atoms with E-state index in [1.165, 1.54) is 0 Å². The minimum atomic E-state index is -2.95. The first-order chi connectivity index (χ1) is 11.7. The van der Waals surface area contributed by atoms with E-state index in [4.69, 9.17) is 9.47 Å². The van der Waals surface area contributed by atoms with Crippen molar-refractivity contribution >= 4 is 23.1 Å². The smallest absolute Gasteiger partial charge is 0.171 e. The van der Waals surface area contributed by atoms with E-state index in [9.17, 15) is 4.57 Å². The number of hydrogen-bond donors (Lipinski definition) is 0. The summed E-state index contributed by atoms with van der Waals surface area (Å²) >= 11 is 0. The summed E-state index contributed by atoms with van der Waals surface area (Å²) in [5.41, 5.74) is 0. The molecular weight excluding hydrogens is 319 g/mol. The Morgan fingerprint density at radius 3 is 1.33 bits per heavy atom. The Hall–Kier alpha value is -2.51. The highest BCUT2D eigenvalue weighted by Gasteiger charge is 2.29. The second-order valence-corrected chi connectivity index (χ2v) is 8.11. The van der Waals surface area contributed by atoms with Crippen LogP contribution in [0.25, 0.3) is 0 Å². The highest BCUT2D eigenvalue weighted by atomic mass is 31.2. The zero-order chi connectivity index (χ0) is 17.0. The summed E-state index contributed by atoms with van der Waals surface area (Å²) in [5.74, 6) is 1.49. The molecule has 0 aliphatic rings. The van der Waals surface area contributed by atoms with Crippen LogP contribution in [0.4, 0.5) is 0 Å². The lowest BCUT2D eigenvalue weighted by Crippen LogP contribution is -2.24. The number of ether oxygens (including phenoxy) is 2. The van der Waals surface area contributed by atoms with Crippen molar-refractivity contribution in [1.29, 1.82) is 0 Å². The van der Waals surface area contributed by atoms with Gasteiger partial charge in [-0.2, -0.15) is 0 Å². The lowest BCUT2D eigenvalue weighted by Gasteiger charge is -2.20. The second kappa shape index (κ2) is 6.94. The first kappa shape index (κ1) is 16.4. The summed E-state index contributed by atoms with van der Waals surface area (Å²) in [4.78, 5) is 0. The maximum absolute atomic E-state index is 14.1. The standard InChI is InChI=1S/C20H19O3P/c1-22-16-8-12-19(13-9-16)24(21,18-6-4-3-5-7-18)20-14-10-17(23-2)11-15-20/h3-15H,1-2H3. The monoisotopic (exact) mass is 338 g/mol. The van der Waals surface area contributed by atoms with Gasteiger partial charge < -0.3 is 14.0 Å². The van der Waals surface area contributed by atoms with Crippen LogP contribution in [0.15, 0.2) is 78.9 Å². The second-order valence-electron chi connectivity index (χ2n) is 5.34. The number of hydrogen-bond acceptors (Lipinski definition) is 3. The van der Waals surface area contributed by atoms with Gasteiger partial charge in [0.1, 0.15) is 11.5 Å². The summed E-state index contributed by atoms with van der Waals surface area (Å²) in [6.45, 7) is 0. The van der Waals surface area contributed by atoms with Gasteiger partial charge in [0.05, 0.1) is 14.2 Å². The molecule has 122 valence electrons. The third kappa shape index (κ3) is 2.95. The van der Waals surface area contributed by atoms with Crippen LogP contribution < -0.4 is 25.4 Å². The zero-order valence-electron chi connectivity index (χ0n) is 13.7. The highest BCUT2D eigenvalue weighted by Crippen LogP contribution is 2.42. The van der Waals surface area contributed by atoms with Crippen LogP contribution in [0, 0.1) is 0 Å². The van der Waals surface area contributed by atoms with Crippen LogP contribution in [0.1, 0.15) is 0 Å². The van der Waals surface area contributed by atoms with Crippen molar-refractivity contribution in [1.82, 2.24) is 0 Å². The lowest BCUT2D eigenvalue weighted by atomic mass is 10.3. The lowest BCUT2D eigenvalue weighted by molar-refractivity contribution is 0.415. The molecular formula is C20H19O3P. The van der Waals surface area contributed by atoms with Gasteiger partial charge in [-0.05, 0) is 48.5 Å². The molecule has 0 fully saturated rings. The van der Waals surface area contributed by atoms with Crippen LogP contribution in [-0.2, 0) is 4.57 Å². The Balaban J connectivity index is 2.18. The molecule has 4 heteroatoms. The van der Waals surface area contributed by atoms with Crippen molar-refractivity contribution in [2.45, 2.75) is 0 Å². The molecule has 0 unspecified atom stereocenters. The molecule has 0 spiro atoms. The molecule has 0 aliphatic carbocycles. The minimum Gasteiger partial charge on any atom is -0.497 e. The van der Waals surface area contributed by atoms with Gasteiger partial charge in [-0.1, -0.05) is 30.3 Å². The zero-order valence-corrected chi connectivity index (χ0v) is 14.6. The van der Waals surface area contributed by atoms with Crippen molar-refractivity contribution in [3.05, 3.63) is 78.9 Å². The van der Waals surface area contributed by atoms with Crippen molar-refractivity contribution in [3.63, 3.8) is 0 Å². The van der Waals surface area contributed by atoms with Gasteiger partial charge >= 0.3 is 0 Å². The minimum absolute atomic E-state index is 0.744. The number of rotatable bonds is 5. The summed E-state index contributed by atoms with van der Waals surface area (Å²) in [6.07, 6.45) is 0. The van der Waals surface area contributed by atoms with Gasteiger partial charge in [0, 0.05) is 15.9 Å². The predicted octanol–water partition coefficient (Wildman–Crippen LogP) is 3.34. The van der Waals surface area contributed by atoms with Gasteiger partial charge in [0.15, 0.2) is 7.14 Å². The summed E-state index contributed by atoms with van der Waals surface area (Å²) in [7, 11) is 0.292. The largest absolute Gasteiger partial charge is 0.497 e. The van der Waals surface area contributed by atoms with Gasteiger partial charge in [-0.25, -0.2) is 0 Å². The molecule has 0 saturated heterocycles. The molecule has 3 rings (SSSR count). The van der Waals surface area contributed by atoms with Gasteiger partial charge in [-0.15, -0.1) is 0 Å². The molecule has 3 aromatic carbocycles. The molecule has 0 radical (unpaired) electrons. The van der Waals surface area contributed by atoms with Crippen molar-refractivity contribution in [2.24, 2.45) is 0 Å². The SMILES string of the molecule is COc1ccc(P(=O)(c2ccccc2)c2ccc(OC)cc2)cc1. The van der Waals surface area contributed by atoms with Crippen LogP contribution in [-0.4, -0.2) is 14.2 Å². The van der Waals surface area contributed by atoms with E-state index < -0.39 is 7.14 Å². The third-order valence-electron chi connectivity index (χ3n) is 3.99. The van der Waals surface area contributed by atoms with Gasteiger partial charge in [0.2, 0.25) is 0 Å². The molecule has 0 saturated carbocycles. The van der Waals surface area contributed by atoms with E-state index in [-0.39, 0.29) is 0 Å². The quantitative estimate of drug-likeness (QED) is 0.670. The van der Waals surface area contributed by atoms with E-state index in [1.807, 2.05) is 78.9 Å². The molecule has 0 bridgehead atoms. The fraction of sp³-hybridized carbons (Fsp3) is 0.100. The van der Waals surface area contributed by atoms with Crippen molar-refractivity contribution < 1.29 is 14.0 Å². The van der Waals surface area contributed by atoms with Crippen LogP contribution in [0.5, 0.6) is 11.5 Å². The van der Waals surface area contributed by atoms with Gasteiger partial charge in [-0.3, -0.25) is 0 Å². The van der Waals surface area contributed by atoms with Crippen molar-refractivity contribution in [3.8, 4) is 11.5 Å². The summed E-state index contributed by atoms with van der Waals surface area (Å²) < 4.78 is 24.6. The first-order valence-corrected chi connectivity index (χ1v) is 9.34. The molecule has 0 heterocycles. The molecule has 3 aromatic rings. The van der Waals surface area contributed by atoms with Crippen LogP contribution in [0.3, 0.4) is 0 Å². The fourth-order valence-corrected chi connectivity index (χ4v) is 5.29. The summed E-state index contributed by atoms with van der Waals surface area (Å²) in [5, 5.41) is 2.36. The third-order valence-corrected chi connectivity index (χ3v) is 7.07. The Morgan fingerprint density at radius 1 is 0.583 bits per heavy atom. The average molecular weight is 338 g/mol. The molecule has 0 N–H and O–H groups in total. The molecule has 3 nitrogen and oxygen atoms in total. The Labute approximate surface area is 142 Å². The van der Waals surface area contributed by atoms with E-state index in [0.29, 0.717) is 0 Å².